The van der Waals surface area contributed by atoms with Crippen molar-refractivity contribution in [2.45, 2.75) is 0 Å². The highest BCUT2D eigenvalue weighted by Gasteiger charge is 2.05. The van der Waals surface area contributed by atoms with Crippen molar-refractivity contribution < 1.29 is 9.13 Å². The van der Waals surface area contributed by atoms with Crippen molar-refractivity contribution in [3.63, 3.8) is 0 Å². The Hall–Kier alpha value is -1.76. The van der Waals surface area contributed by atoms with Crippen molar-refractivity contribution in [1.29, 1.82) is 5.26 Å². The third-order valence-electron chi connectivity index (χ3n) is 2.19. The molecule has 2 nitrogen and oxygen atoms in total. The summed E-state index contributed by atoms with van der Waals surface area (Å²) in [6, 6.07) is 10.7. The molecule has 0 aliphatic rings. The lowest BCUT2D eigenvalue weighted by atomic mass is 10.2. The van der Waals surface area contributed by atoms with Crippen LogP contribution in [-0.2, 0) is 0 Å². The first-order valence-electron chi connectivity index (χ1n) is 4.92. The normalized spacial score (nSPS) is 9.89. The van der Waals surface area contributed by atoms with Crippen LogP contribution in [0.3, 0.4) is 0 Å². The van der Waals surface area contributed by atoms with Gasteiger partial charge in [0.2, 0.25) is 0 Å². The standard InChI is InChI=1S/C13H6Cl2FNO/c14-11-4-3-10(6-13(11)16)18-9-2-1-8(7-17)12(15)5-9/h1-6H. The molecule has 2 rings (SSSR count). The van der Waals surface area contributed by atoms with Crippen LogP contribution in [0.15, 0.2) is 36.4 Å². The molecule has 0 bridgehead atoms. The van der Waals surface area contributed by atoms with Crippen LogP contribution in [-0.4, -0.2) is 0 Å². The Morgan fingerprint density at radius 2 is 1.67 bits per heavy atom. The Bertz CT molecular complexity index is 637. The summed E-state index contributed by atoms with van der Waals surface area (Å²) in [6.07, 6.45) is 0. The molecule has 0 radical (unpaired) electrons. The van der Waals surface area contributed by atoms with Crippen LogP contribution < -0.4 is 4.74 Å². The summed E-state index contributed by atoms with van der Waals surface area (Å²) in [7, 11) is 0. The van der Waals surface area contributed by atoms with Crippen LogP contribution in [0.25, 0.3) is 0 Å². The zero-order chi connectivity index (χ0) is 13.1. The second-order valence-electron chi connectivity index (χ2n) is 3.43. The fourth-order valence-corrected chi connectivity index (χ4v) is 1.66. The van der Waals surface area contributed by atoms with Gasteiger partial charge in [0.25, 0.3) is 0 Å². The number of hydrogen-bond donors (Lipinski definition) is 0. The van der Waals surface area contributed by atoms with Gasteiger partial charge in [-0.2, -0.15) is 5.26 Å². The maximum atomic E-state index is 13.2. The van der Waals surface area contributed by atoms with Crippen molar-refractivity contribution in [3.05, 3.63) is 57.8 Å². The Labute approximate surface area is 113 Å². The van der Waals surface area contributed by atoms with Gasteiger partial charge in [-0.1, -0.05) is 23.2 Å². The number of nitriles is 1. The zero-order valence-electron chi connectivity index (χ0n) is 8.95. The summed E-state index contributed by atoms with van der Waals surface area (Å²) in [5, 5.41) is 9.04. The monoisotopic (exact) mass is 281 g/mol. The molecular weight excluding hydrogens is 276 g/mol. The van der Waals surface area contributed by atoms with Crippen LogP contribution in [0.2, 0.25) is 10.0 Å². The maximum absolute atomic E-state index is 13.2. The molecule has 0 atom stereocenters. The molecule has 0 spiro atoms. The highest BCUT2D eigenvalue weighted by Crippen LogP contribution is 2.28. The molecule has 0 heterocycles. The molecule has 5 heteroatoms. The minimum Gasteiger partial charge on any atom is -0.457 e. The number of halogens is 3. The fraction of sp³-hybridized carbons (Fsp3) is 0. The molecule has 2 aromatic rings. The van der Waals surface area contributed by atoms with E-state index in [9.17, 15) is 4.39 Å². The SMILES string of the molecule is N#Cc1ccc(Oc2ccc(Cl)c(F)c2)cc1Cl. The minimum atomic E-state index is -0.561. The average Bonchev–Trinajstić information content (AvgIpc) is 2.34. The topological polar surface area (TPSA) is 33.0 Å². The average molecular weight is 282 g/mol. The number of rotatable bonds is 2. The zero-order valence-corrected chi connectivity index (χ0v) is 10.5. The molecule has 0 aliphatic heterocycles. The second kappa shape index (κ2) is 5.26. The predicted molar refractivity (Wildman–Crippen MR) is 67.7 cm³/mol. The molecule has 2 aromatic carbocycles. The summed E-state index contributed by atoms with van der Waals surface area (Å²) in [5.41, 5.74) is 0.353. The lowest BCUT2D eigenvalue weighted by Gasteiger charge is -2.07. The van der Waals surface area contributed by atoms with Gasteiger partial charge >= 0.3 is 0 Å². The summed E-state index contributed by atoms with van der Waals surface area (Å²) >= 11 is 11.4. The third kappa shape index (κ3) is 2.73. The van der Waals surface area contributed by atoms with Crippen LogP contribution in [0.5, 0.6) is 11.5 Å². The van der Waals surface area contributed by atoms with Gasteiger partial charge in [0.15, 0.2) is 0 Å². The van der Waals surface area contributed by atoms with Gasteiger partial charge in [0.05, 0.1) is 15.6 Å². The van der Waals surface area contributed by atoms with Crippen molar-refractivity contribution in [2.75, 3.05) is 0 Å². The fourth-order valence-electron chi connectivity index (χ4n) is 1.33. The molecule has 18 heavy (non-hydrogen) atoms. The number of ether oxygens (including phenoxy) is 1. The van der Waals surface area contributed by atoms with E-state index in [1.807, 2.05) is 6.07 Å². The number of nitrogens with zero attached hydrogens (tertiary/aromatic N) is 1. The first-order chi connectivity index (χ1) is 8.60. The van der Waals surface area contributed by atoms with Crippen molar-refractivity contribution in [2.24, 2.45) is 0 Å². The molecule has 90 valence electrons. The van der Waals surface area contributed by atoms with E-state index in [4.69, 9.17) is 33.2 Å². The minimum absolute atomic E-state index is 0.0280. The van der Waals surface area contributed by atoms with Crippen LogP contribution in [0.4, 0.5) is 4.39 Å². The molecule has 0 aliphatic carbocycles. The Balaban J connectivity index is 2.26. The maximum Gasteiger partial charge on any atom is 0.145 e. The van der Waals surface area contributed by atoms with E-state index in [2.05, 4.69) is 0 Å². The summed E-state index contributed by atoms with van der Waals surface area (Å²) in [6.45, 7) is 0. The van der Waals surface area contributed by atoms with Gasteiger partial charge in [0.1, 0.15) is 23.4 Å². The van der Waals surface area contributed by atoms with E-state index < -0.39 is 5.82 Å². The van der Waals surface area contributed by atoms with Gasteiger partial charge in [-0.25, -0.2) is 4.39 Å². The largest absolute Gasteiger partial charge is 0.457 e. The third-order valence-corrected chi connectivity index (χ3v) is 2.81. The highest BCUT2D eigenvalue weighted by atomic mass is 35.5. The smallest absolute Gasteiger partial charge is 0.145 e. The van der Waals surface area contributed by atoms with Gasteiger partial charge < -0.3 is 4.74 Å². The quantitative estimate of drug-likeness (QED) is 0.792. The summed E-state index contributed by atoms with van der Waals surface area (Å²) in [4.78, 5) is 0. The lowest BCUT2D eigenvalue weighted by molar-refractivity contribution is 0.477. The van der Waals surface area contributed by atoms with E-state index in [0.717, 1.165) is 0 Å². The van der Waals surface area contributed by atoms with Gasteiger partial charge in [-0.15, -0.1) is 0 Å². The molecule has 0 amide bonds. The number of hydrogen-bond acceptors (Lipinski definition) is 2. The van der Waals surface area contributed by atoms with Gasteiger partial charge in [-0.05, 0) is 24.3 Å². The molecule has 0 aromatic heterocycles. The lowest BCUT2D eigenvalue weighted by Crippen LogP contribution is -1.87. The molecular formula is C13H6Cl2FNO. The van der Waals surface area contributed by atoms with E-state index >= 15 is 0 Å². The Morgan fingerprint density at radius 1 is 1.00 bits per heavy atom. The summed E-state index contributed by atoms with van der Waals surface area (Å²) in [5.74, 6) is 0.160. The van der Waals surface area contributed by atoms with Crippen LogP contribution >= 0.6 is 23.2 Å². The highest BCUT2D eigenvalue weighted by molar-refractivity contribution is 6.31. The van der Waals surface area contributed by atoms with E-state index in [0.29, 0.717) is 17.1 Å². The van der Waals surface area contributed by atoms with Gasteiger partial charge in [-0.3, -0.25) is 0 Å². The van der Waals surface area contributed by atoms with Gasteiger partial charge in [0, 0.05) is 12.1 Å². The molecule has 0 N–H and O–H groups in total. The first-order valence-corrected chi connectivity index (χ1v) is 5.68. The van der Waals surface area contributed by atoms with E-state index in [-0.39, 0.29) is 10.0 Å². The van der Waals surface area contributed by atoms with E-state index in [1.165, 1.54) is 30.3 Å². The summed E-state index contributed by atoms with van der Waals surface area (Å²) < 4.78 is 18.6. The molecule has 0 fully saturated rings. The van der Waals surface area contributed by atoms with E-state index in [1.54, 1.807) is 6.07 Å². The first kappa shape index (κ1) is 12.7. The van der Waals surface area contributed by atoms with Crippen molar-refractivity contribution in [1.82, 2.24) is 0 Å². The van der Waals surface area contributed by atoms with Crippen molar-refractivity contribution >= 4 is 23.2 Å². The Morgan fingerprint density at radius 3 is 2.28 bits per heavy atom. The Kier molecular flexibility index (Phi) is 3.71. The van der Waals surface area contributed by atoms with Crippen LogP contribution in [0, 0.1) is 17.1 Å². The number of benzene rings is 2. The molecule has 0 unspecified atom stereocenters. The molecule has 0 saturated heterocycles. The van der Waals surface area contributed by atoms with Crippen LogP contribution in [0.1, 0.15) is 5.56 Å². The second-order valence-corrected chi connectivity index (χ2v) is 4.25. The van der Waals surface area contributed by atoms with Crippen molar-refractivity contribution in [3.8, 4) is 17.6 Å². The predicted octanol–water partition coefficient (Wildman–Crippen LogP) is 4.80. The molecule has 0 saturated carbocycles.